The van der Waals surface area contributed by atoms with Crippen LogP contribution in [0.2, 0.25) is 0 Å². The van der Waals surface area contributed by atoms with Gasteiger partial charge in [0.15, 0.2) is 0 Å². The lowest BCUT2D eigenvalue weighted by molar-refractivity contribution is -0.133. The number of hydrogen-bond acceptors (Lipinski definition) is 4. The molecule has 0 aromatic carbocycles. The fraction of sp³-hybridized carbons (Fsp3) is 0.467. The lowest BCUT2D eigenvalue weighted by Gasteiger charge is -2.40. The van der Waals surface area contributed by atoms with E-state index in [9.17, 15) is 4.79 Å². The Morgan fingerprint density at radius 2 is 2.43 bits per heavy atom. The van der Waals surface area contributed by atoms with Gasteiger partial charge in [-0.2, -0.15) is 0 Å². The quantitative estimate of drug-likeness (QED) is 0.939. The normalized spacial score (nSPS) is 19.9. The zero-order chi connectivity index (χ0) is 14.7. The Hall–Kier alpha value is -1.66. The van der Waals surface area contributed by atoms with E-state index in [1.165, 1.54) is 0 Å². The van der Waals surface area contributed by atoms with Crippen molar-refractivity contribution in [1.82, 2.24) is 19.8 Å². The third-order valence-corrected chi connectivity index (χ3v) is 4.87. The fourth-order valence-electron chi connectivity index (χ4n) is 2.82. The van der Waals surface area contributed by atoms with Gasteiger partial charge in [-0.1, -0.05) is 13.0 Å². The van der Waals surface area contributed by atoms with Crippen LogP contribution in [-0.4, -0.2) is 51.9 Å². The average molecular weight is 304 g/mol. The van der Waals surface area contributed by atoms with Crippen LogP contribution in [0.25, 0.3) is 0 Å². The average Bonchev–Trinajstić information content (AvgIpc) is 3.19. The first-order valence-electron chi connectivity index (χ1n) is 7.31. The van der Waals surface area contributed by atoms with Crippen molar-refractivity contribution in [3.05, 3.63) is 40.6 Å². The largest absolute Gasteiger partial charge is 0.347 e. The van der Waals surface area contributed by atoms with E-state index in [2.05, 4.69) is 21.8 Å². The highest BCUT2D eigenvalue weighted by Gasteiger charge is 2.31. The summed E-state index contributed by atoms with van der Waals surface area (Å²) in [6.07, 6.45) is 4.12. The molecule has 1 fully saturated rings. The number of aromatic amines is 1. The van der Waals surface area contributed by atoms with Crippen molar-refractivity contribution in [2.45, 2.75) is 19.4 Å². The van der Waals surface area contributed by atoms with Crippen molar-refractivity contribution >= 4 is 17.2 Å². The van der Waals surface area contributed by atoms with Crippen molar-refractivity contribution in [1.29, 1.82) is 0 Å². The molecule has 3 rings (SSSR count). The first kappa shape index (κ1) is 14.3. The van der Waals surface area contributed by atoms with Crippen LogP contribution in [0.1, 0.15) is 23.7 Å². The zero-order valence-corrected chi connectivity index (χ0v) is 13.0. The number of likely N-dealkylation sites (N-methyl/N-ethyl adjacent to an activating group) is 1. The number of amides is 1. The number of piperazine rings is 1. The summed E-state index contributed by atoms with van der Waals surface area (Å²) in [6.45, 7) is 5.54. The van der Waals surface area contributed by atoms with E-state index in [1.807, 2.05) is 28.6 Å². The molecule has 1 N–H and O–H groups in total. The number of nitrogens with one attached hydrogen (secondary N) is 1. The highest BCUT2D eigenvalue weighted by molar-refractivity contribution is 7.10. The predicted molar refractivity (Wildman–Crippen MR) is 83.2 cm³/mol. The maximum atomic E-state index is 12.5. The van der Waals surface area contributed by atoms with E-state index >= 15 is 0 Å². The van der Waals surface area contributed by atoms with Crippen LogP contribution in [0.3, 0.4) is 0 Å². The second-order valence-corrected chi connectivity index (χ2v) is 6.25. The molecule has 1 aliphatic heterocycles. The van der Waals surface area contributed by atoms with Crippen molar-refractivity contribution in [3.8, 4) is 0 Å². The summed E-state index contributed by atoms with van der Waals surface area (Å²) in [5.41, 5.74) is 0. The van der Waals surface area contributed by atoms with Crippen molar-refractivity contribution in [3.63, 3.8) is 0 Å². The van der Waals surface area contributed by atoms with Crippen molar-refractivity contribution < 1.29 is 4.79 Å². The molecule has 0 saturated carbocycles. The minimum atomic E-state index is 0.172. The molecule has 1 unspecified atom stereocenters. The molecule has 2 aromatic heterocycles. The molecular weight excluding hydrogens is 284 g/mol. The van der Waals surface area contributed by atoms with Crippen LogP contribution in [-0.2, 0) is 11.2 Å². The maximum absolute atomic E-state index is 12.5. The second kappa shape index (κ2) is 6.41. The van der Waals surface area contributed by atoms with E-state index in [1.54, 1.807) is 17.5 Å². The SMILES string of the molecule is CCN1CCN(C(=O)Cc2cccs2)CC1c1ncc[nH]1. The highest BCUT2D eigenvalue weighted by atomic mass is 32.1. The van der Waals surface area contributed by atoms with Gasteiger partial charge in [-0.3, -0.25) is 9.69 Å². The molecule has 0 bridgehead atoms. The third-order valence-electron chi connectivity index (χ3n) is 3.99. The van der Waals surface area contributed by atoms with Gasteiger partial charge in [0, 0.05) is 36.9 Å². The van der Waals surface area contributed by atoms with E-state index in [-0.39, 0.29) is 11.9 Å². The highest BCUT2D eigenvalue weighted by Crippen LogP contribution is 2.23. The van der Waals surface area contributed by atoms with E-state index in [0.717, 1.165) is 30.3 Å². The fourth-order valence-corrected chi connectivity index (χ4v) is 3.51. The van der Waals surface area contributed by atoms with E-state index < -0.39 is 0 Å². The summed E-state index contributed by atoms with van der Waals surface area (Å²) in [6, 6.07) is 4.19. The molecule has 1 atom stereocenters. The van der Waals surface area contributed by atoms with Gasteiger partial charge in [0.25, 0.3) is 0 Å². The number of imidazole rings is 1. The Bertz CT molecular complexity index is 567. The lowest BCUT2D eigenvalue weighted by Crippen LogP contribution is -2.51. The summed E-state index contributed by atoms with van der Waals surface area (Å²) in [5, 5.41) is 2.02. The summed E-state index contributed by atoms with van der Waals surface area (Å²) < 4.78 is 0. The van der Waals surface area contributed by atoms with Crippen LogP contribution in [0.4, 0.5) is 0 Å². The van der Waals surface area contributed by atoms with Gasteiger partial charge in [0.2, 0.25) is 5.91 Å². The summed E-state index contributed by atoms with van der Waals surface area (Å²) in [5.74, 6) is 1.16. The zero-order valence-electron chi connectivity index (χ0n) is 12.2. The summed E-state index contributed by atoms with van der Waals surface area (Å²) in [7, 11) is 0. The Morgan fingerprint density at radius 1 is 1.52 bits per heavy atom. The van der Waals surface area contributed by atoms with Gasteiger partial charge >= 0.3 is 0 Å². The van der Waals surface area contributed by atoms with Crippen molar-refractivity contribution in [2.24, 2.45) is 0 Å². The van der Waals surface area contributed by atoms with Crippen LogP contribution in [0, 0.1) is 0 Å². The number of hydrogen-bond donors (Lipinski definition) is 1. The number of thiophene rings is 1. The van der Waals surface area contributed by atoms with Crippen molar-refractivity contribution in [2.75, 3.05) is 26.2 Å². The van der Waals surface area contributed by atoms with Crippen LogP contribution in [0.15, 0.2) is 29.9 Å². The predicted octanol–water partition coefficient (Wildman–Crippen LogP) is 1.92. The Kier molecular flexibility index (Phi) is 4.36. The summed E-state index contributed by atoms with van der Waals surface area (Å²) >= 11 is 1.64. The molecular formula is C15H20N4OS. The molecule has 112 valence electrons. The third kappa shape index (κ3) is 3.16. The van der Waals surface area contributed by atoms with Gasteiger partial charge in [-0.25, -0.2) is 4.98 Å². The molecule has 5 nitrogen and oxygen atoms in total. The number of nitrogens with zero attached hydrogens (tertiary/aromatic N) is 3. The lowest BCUT2D eigenvalue weighted by atomic mass is 10.1. The molecule has 1 aliphatic rings. The van der Waals surface area contributed by atoms with Gasteiger partial charge in [-0.15, -0.1) is 11.3 Å². The monoisotopic (exact) mass is 304 g/mol. The number of carbonyl (C=O) groups excluding carboxylic acids is 1. The minimum absolute atomic E-state index is 0.172. The molecule has 1 amide bonds. The number of H-pyrrole nitrogens is 1. The van der Waals surface area contributed by atoms with Crippen LogP contribution in [0.5, 0.6) is 0 Å². The summed E-state index contributed by atoms with van der Waals surface area (Å²) in [4.78, 5) is 25.5. The standard InChI is InChI=1S/C15H20N4OS/c1-2-18-7-8-19(11-13(18)15-16-5-6-17-15)14(20)10-12-4-3-9-21-12/h3-6,9,13H,2,7-8,10-11H2,1H3,(H,16,17). The Morgan fingerprint density at radius 3 is 3.10 bits per heavy atom. The number of carbonyl (C=O) groups is 1. The van der Waals surface area contributed by atoms with E-state index in [4.69, 9.17) is 0 Å². The molecule has 21 heavy (non-hydrogen) atoms. The molecule has 6 heteroatoms. The Labute approximate surface area is 128 Å². The first-order valence-corrected chi connectivity index (χ1v) is 8.19. The number of aromatic nitrogens is 2. The first-order chi connectivity index (χ1) is 10.3. The molecule has 1 saturated heterocycles. The maximum Gasteiger partial charge on any atom is 0.227 e. The smallest absolute Gasteiger partial charge is 0.227 e. The van der Waals surface area contributed by atoms with Crippen LogP contribution >= 0.6 is 11.3 Å². The molecule has 2 aromatic rings. The van der Waals surface area contributed by atoms with E-state index in [0.29, 0.717) is 13.0 Å². The number of rotatable bonds is 4. The second-order valence-electron chi connectivity index (χ2n) is 5.21. The van der Waals surface area contributed by atoms with Gasteiger partial charge in [-0.05, 0) is 18.0 Å². The van der Waals surface area contributed by atoms with Gasteiger partial charge in [0.05, 0.1) is 12.5 Å². The van der Waals surface area contributed by atoms with Crippen LogP contribution < -0.4 is 0 Å². The topological polar surface area (TPSA) is 52.2 Å². The van der Waals surface area contributed by atoms with Gasteiger partial charge < -0.3 is 9.88 Å². The molecule has 0 aliphatic carbocycles. The Balaban J connectivity index is 1.69. The molecule has 0 spiro atoms. The molecule has 0 radical (unpaired) electrons. The minimum Gasteiger partial charge on any atom is -0.347 e. The molecule has 3 heterocycles. The van der Waals surface area contributed by atoms with Gasteiger partial charge in [0.1, 0.15) is 5.82 Å².